The summed E-state index contributed by atoms with van der Waals surface area (Å²) >= 11 is 0. The topological polar surface area (TPSA) is 66.3 Å². The van der Waals surface area contributed by atoms with Crippen LogP contribution in [0, 0.1) is 0 Å². The number of aromatic nitrogens is 2. The zero-order chi connectivity index (χ0) is 14.0. The van der Waals surface area contributed by atoms with Gasteiger partial charge in [0, 0.05) is 12.7 Å². The van der Waals surface area contributed by atoms with Gasteiger partial charge in [-0.3, -0.25) is 0 Å². The van der Waals surface area contributed by atoms with Gasteiger partial charge in [-0.25, -0.2) is 14.8 Å². The number of piperidine rings is 1. The van der Waals surface area contributed by atoms with Gasteiger partial charge >= 0.3 is 12.1 Å². The lowest BCUT2D eigenvalue weighted by Gasteiger charge is -2.32. The number of aliphatic carboxylic acids is 1. The minimum absolute atomic E-state index is 0.179. The summed E-state index contributed by atoms with van der Waals surface area (Å²) < 4.78 is 37.7. The molecule has 1 aliphatic rings. The van der Waals surface area contributed by atoms with Crippen molar-refractivity contribution in [3.8, 4) is 0 Å². The Morgan fingerprint density at radius 3 is 2.79 bits per heavy atom. The minimum atomic E-state index is -4.56. The molecule has 19 heavy (non-hydrogen) atoms. The summed E-state index contributed by atoms with van der Waals surface area (Å²) in [5.74, 6) is -1.25. The zero-order valence-electron chi connectivity index (χ0n) is 9.89. The highest BCUT2D eigenvalue weighted by atomic mass is 19.4. The van der Waals surface area contributed by atoms with E-state index < -0.39 is 23.9 Å². The standard InChI is InChI=1S/C11H12F3N3O2/c12-11(13,14)8-4-5-15-10(16-8)17-6-2-1-3-7(17)9(18)19/h4-5,7H,1-3,6H2,(H,18,19). The maximum absolute atomic E-state index is 12.6. The molecular weight excluding hydrogens is 263 g/mol. The van der Waals surface area contributed by atoms with Crippen molar-refractivity contribution in [2.75, 3.05) is 11.4 Å². The molecule has 1 aromatic rings. The summed E-state index contributed by atoms with van der Waals surface area (Å²) in [6.45, 7) is 0.346. The molecule has 1 aromatic heterocycles. The van der Waals surface area contributed by atoms with Crippen LogP contribution in [0.2, 0.25) is 0 Å². The minimum Gasteiger partial charge on any atom is -0.480 e. The Kier molecular flexibility index (Phi) is 3.59. The molecule has 1 aliphatic heterocycles. The lowest BCUT2D eigenvalue weighted by Crippen LogP contribution is -2.45. The largest absolute Gasteiger partial charge is 0.480 e. The molecule has 5 nitrogen and oxygen atoms in total. The average Bonchev–Trinajstić information content (AvgIpc) is 2.38. The first-order valence-corrected chi connectivity index (χ1v) is 5.79. The van der Waals surface area contributed by atoms with Gasteiger partial charge in [-0.2, -0.15) is 13.2 Å². The second-order valence-corrected chi connectivity index (χ2v) is 4.28. The van der Waals surface area contributed by atoms with Crippen LogP contribution < -0.4 is 4.90 Å². The van der Waals surface area contributed by atoms with Crippen molar-refractivity contribution in [3.05, 3.63) is 18.0 Å². The molecule has 0 radical (unpaired) electrons. The third-order valence-corrected chi connectivity index (χ3v) is 2.98. The average molecular weight is 275 g/mol. The Labute approximate surface area is 107 Å². The predicted octanol–water partition coefficient (Wildman–Crippen LogP) is 1.94. The SMILES string of the molecule is O=C(O)C1CCCCN1c1nccc(C(F)(F)F)n1. The first kappa shape index (κ1) is 13.6. The third-order valence-electron chi connectivity index (χ3n) is 2.98. The Morgan fingerprint density at radius 1 is 1.42 bits per heavy atom. The maximum atomic E-state index is 12.6. The third kappa shape index (κ3) is 2.94. The summed E-state index contributed by atoms with van der Waals surface area (Å²) in [6, 6.07) is -0.0966. The summed E-state index contributed by atoms with van der Waals surface area (Å²) in [4.78, 5) is 19.6. The first-order chi connectivity index (χ1) is 8.89. The van der Waals surface area contributed by atoms with Crippen molar-refractivity contribution in [1.82, 2.24) is 9.97 Å². The number of carboxylic acid groups (broad SMARTS) is 1. The van der Waals surface area contributed by atoms with Crippen LogP contribution in [0.1, 0.15) is 25.0 Å². The Bertz CT molecular complexity index is 478. The fourth-order valence-corrected chi connectivity index (χ4v) is 2.07. The summed E-state index contributed by atoms with van der Waals surface area (Å²) in [5, 5.41) is 9.08. The van der Waals surface area contributed by atoms with Crippen LogP contribution in [0.25, 0.3) is 0 Å². The van der Waals surface area contributed by atoms with Gasteiger partial charge in [0.15, 0.2) is 0 Å². The van der Waals surface area contributed by atoms with Crippen LogP contribution >= 0.6 is 0 Å². The van der Waals surface area contributed by atoms with E-state index in [1.54, 1.807) is 0 Å². The zero-order valence-corrected chi connectivity index (χ0v) is 9.89. The Morgan fingerprint density at radius 2 is 2.16 bits per heavy atom. The molecule has 2 heterocycles. The molecule has 8 heteroatoms. The van der Waals surface area contributed by atoms with Gasteiger partial charge in [-0.15, -0.1) is 0 Å². The molecular formula is C11H12F3N3O2. The van der Waals surface area contributed by atoms with Crippen LogP contribution in [-0.2, 0) is 11.0 Å². The van der Waals surface area contributed by atoms with Gasteiger partial charge in [-0.1, -0.05) is 0 Å². The van der Waals surface area contributed by atoms with E-state index in [1.807, 2.05) is 0 Å². The van der Waals surface area contributed by atoms with Crippen LogP contribution in [-0.4, -0.2) is 33.6 Å². The molecule has 0 saturated carbocycles. The van der Waals surface area contributed by atoms with E-state index in [9.17, 15) is 18.0 Å². The highest BCUT2D eigenvalue weighted by Crippen LogP contribution is 2.29. The number of rotatable bonds is 2. The van der Waals surface area contributed by atoms with Crippen molar-refractivity contribution in [2.24, 2.45) is 0 Å². The van der Waals surface area contributed by atoms with Crippen molar-refractivity contribution in [2.45, 2.75) is 31.5 Å². The van der Waals surface area contributed by atoms with Crippen LogP contribution in [0.3, 0.4) is 0 Å². The molecule has 1 atom stereocenters. The number of carboxylic acids is 1. The number of hydrogen-bond donors (Lipinski definition) is 1. The molecule has 0 amide bonds. The van der Waals surface area contributed by atoms with Gasteiger partial charge in [0.2, 0.25) is 5.95 Å². The number of anilines is 1. The molecule has 1 saturated heterocycles. The lowest BCUT2D eigenvalue weighted by molar-refractivity contribution is -0.141. The highest BCUT2D eigenvalue weighted by molar-refractivity contribution is 5.77. The second-order valence-electron chi connectivity index (χ2n) is 4.28. The van der Waals surface area contributed by atoms with Crippen LogP contribution in [0.5, 0.6) is 0 Å². The molecule has 104 valence electrons. The Hall–Kier alpha value is -1.86. The predicted molar refractivity (Wildman–Crippen MR) is 59.7 cm³/mol. The van der Waals surface area contributed by atoms with E-state index in [1.165, 1.54) is 4.90 Å². The number of nitrogens with zero attached hydrogens (tertiary/aromatic N) is 3. The smallest absolute Gasteiger partial charge is 0.433 e. The van der Waals surface area contributed by atoms with Gasteiger partial charge in [0.05, 0.1) is 0 Å². The Balaban J connectivity index is 2.32. The molecule has 0 spiro atoms. The summed E-state index contributed by atoms with van der Waals surface area (Å²) in [6.07, 6.45) is -1.74. The van der Waals surface area contributed by atoms with Gasteiger partial charge in [0.25, 0.3) is 0 Å². The molecule has 1 N–H and O–H groups in total. The molecule has 0 aromatic carbocycles. The fourth-order valence-electron chi connectivity index (χ4n) is 2.07. The molecule has 0 aliphatic carbocycles. The molecule has 0 bridgehead atoms. The lowest BCUT2D eigenvalue weighted by atomic mass is 10.0. The van der Waals surface area contributed by atoms with E-state index >= 15 is 0 Å². The van der Waals surface area contributed by atoms with Crippen LogP contribution in [0.4, 0.5) is 19.1 Å². The fraction of sp³-hybridized carbons (Fsp3) is 0.545. The van der Waals surface area contributed by atoms with E-state index in [-0.39, 0.29) is 5.95 Å². The number of hydrogen-bond acceptors (Lipinski definition) is 4. The maximum Gasteiger partial charge on any atom is 0.433 e. The highest BCUT2D eigenvalue weighted by Gasteiger charge is 2.35. The van der Waals surface area contributed by atoms with E-state index in [0.717, 1.165) is 18.7 Å². The number of halogens is 3. The van der Waals surface area contributed by atoms with E-state index in [0.29, 0.717) is 19.4 Å². The van der Waals surface area contributed by atoms with Crippen molar-refractivity contribution < 1.29 is 23.1 Å². The first-order valence-electron chi connectivity index (χ1n) is 5.79. The quantitative estimate of drug-likeness (QED) is 0.893. The van der Waals surface area contributed by atoms with Crippen molar-refractivity contribution in [1.29, 1.82) is 0 Å². The number of alkyl halides is 3. The van der Waals surface area contributed by atoms with Gasteiger partial charge in [-0.05, 0) is 25.3 Å². The summed E-state index contributed by atoms with van der Waals surface area (Å²) in [5.41, 5.74) is -1.06. The molecule has 1 fully saturated rings. The monoisotopic (exact) mass is 275 g/mol. The second kappa shape index (κ2) is 5.02. The molecule has 2 rings (SSSR count). The van der Waals surface area contributed by atoms with Crippen LogP contribution in [0.15, 0.2) is 12.3 Å². The van der Waals surface area contributed by atoms with Crippen molar-refractivity contribution >= 4 is 11.9 Å². The van der Waals surface area contributed by atoms with E-state index in [4.69, 9.17) is 5.11 Å². The van der Waals surface area contributed by atoms with E-state index in [2.05, 4.69) is 9.97 Å². The number of carbonyl (C=O) groups is 1. The van der Waals surface area contributed by atoms with Crippen molar-refractivity contribution in [3.63, 3.8) is 0 Å². The summed E-state index contributed by atoms with van der Waals surface area (Å²) in [7, 11) is 0. The molecule has 1 unspecified atom stereocenters. The normalized spacial score (nSPS) is 20.4. The van der Waals surface area contributed by atoms with Gasteiger partial charge in [0.1, 0.15) is 11.7 Å². The van der Waals surface area contributed by atoms with Gasteiger partial charge < -0.3 is 10.0 Å².